The molecule has 2 aromatic rings. The summed E-state index contributed by atoms with van der Waals surface area (Å²) in [6.07, 6.45) is -0.120. The molecule has 0 fully saturated rings. The van der Waals surface area contributed by atoms with Crippen molar-refractivity contribution in [2.45, 2.75) is 45.2 Å². The molecule has 1 aromatic carbocycles. The van der Waals surface area contributed by atoms with Gasteiger partial charge in [-0.3, -0.25) is 4.79 Å². The first kappa shape index (κ1) is 18.6. The molecule has 130 valence electrons. The summed E-state index contributed by atoms with van der Waals surface area (Å²) in [4.78, 5) is 11.6. The lowest BCUT2D eigenvalue weighted by Crippen LogP contribution is -2.14. The highest BCUT2D eigenvalue weighted by atomic mass is 35.5. The third-order valence-electron chi connectivity index (χ3n) is 2.98. The Kier molecular flexibility index (Phi) is 6.93. The van der Waals surface area contributed by atoms with Gasteiger partial charge in [-0.05, 0) is 45.0 Å². The summed E-state index contributed by atoms with van der Waals surface area (Å²) in [7, 11) is 0. The minimum absolute atomic E-state index is 0.120. The van der Waals surface area contributed by atoms with Gasteiger partial charge in [-0.2, -0.15) is 0 Å². The molecule has 0 saturated carbocycles. The molecule has 1 heterocycles. The average molecular weight is 370 g/mol. The van der Waals surface area contributed by atoms with Gasteiger partial charge in [0, 0.05) is 11.6 Å². The van der Waals surface area contributed by atoms with Crippen LogP contribution in [0.4, 0.5) is 0 Å². The molecule has 0 spiro atoms. The summed E-state index contributed by atoms with van der Waals surface area (Å²) < 4.78 is 12.7. The van der Waals surface area contributed by atoms with E-state index >= 15 is 0 Å². The average Bonchev–Trinajstić information content (AvgIpc) is 2.93. The number of aromatic nitrogens is 3. The van der Waals surface area contributed by atoms with E-state index < -0.39 is 0 Å². The van der Waals surface area contributed by atoms with Crippen LogP contribution in [-0.2, 0) is 22.7 Å². The number of nitrogens with zero attached hydrogens (tertiary/aromatic N) is 3. The molecule has 0 aliphatic rings. The maximum atomic E-state index is 11.6. The Morgan fingerprint density at radius 2 is 2.00 bits per heavy atom. The van der Waals surface area contributed by atoms with Gasteiger partial charge in [-0.15, -0.1) is 10.2 Å². The highest BCUT2D eigenvalue weighted by molar-refractivity contribution is 7.99. The van der Waals surface area contributed by atoms with Gasteiger partial charge in [-0.25, -0.2) is 0 Å². The number of carbonyl (C=O) groups excluding carboxylic acids is 1. The van der Waals surface area contributed by atoms with Crippen molar-refractivity contribution in [1.29, 1.82) is 0 Å². The van der Waals surface area contributed by atoms with Crippen molar-refractivity contribution in [3.63, 3.8) is 0 Å². The summed E-state index contributed by atoms with van der Waals surface area (Å²) in [5, 5.41) is 9.61. The van der Waals surface area contributed by atoms with E-state index in [4.69, 9.17) is 21.1 Å². The molecule has 0 unspecified atom stereocenters. The molecule has 0 amide bonds. The fraction of sp³-hybridized carbons (Fsp3) is 0.438. The van der Waals surface area contributed by atoms with Crippen LogP contribution >= 0.6 is 23.4 Å². The fourth-order valence-corrected chi connectivity index (χ4v) is 2.88. The molecule has 0 radical (unpaired) electrons. The predicted molar refractivity (Wildman–Crippen MR) is 93.4 cm³/mol. The number of carbonyl (C=O) groups is 1. The molecule has 6 nitrogen and oxygen atoms in total. The summed E-state index contributed by atoms with van der Waals surface area (Å²) in [6.45, 7) is 6.62. The summed E-state index contributed by atoms with van der Waals surface area (Å²) in [5.74, 6) is 1.35. The van der Waals surface area contributed by atoms with E-state index in [9.17, 15) is 4.79 Å². The summed E-state index contributed by atoms with van der Waals surface area (Å²) in [5.41, 5.74) is 0. The van der Waals surface area contributed by atoms with E-state index in [1.54, 1.807) is 24.3 Å². The topological polar surface area (TPSA) is 66.2 Å². The second-order valence-electron chi connectivity index (χ2n) is 5.21. The highest BCUT2D eigenvalue weighted by Crippen LogP contribution is 2.20. The van der Waals surface area contributed by atoms with Crippen LogP contribution in [0, 0.1) is 0 Å². The minimum atomic E-state index is -0.264. The molecule has 0 N–H and O–H groups in total. The third kappa shape index (κ3) is 5.42. The molecule has 1 aromatic heterocycles. The van der Waals surface area contributed by atoms with Crippen molar-refractivity contribution in [2.24, 2.45) is 0 Å². The SMILES string of the molecule is CCn1c(COc2ccc(Cl)cc2)nnc1SCC(=O)OC(C)C. The molecule has 2 rings (SSSR count). The lowest BCUT2D eigenvalue weighted by molar-refractivity contribution is -0.144. The Bertz CT molecular complexity index is 674. The molecule has 0 aliphatic heterocycles. The molecular formula is C16H20ClN3O3S. The molecule has 8 heteroatoms. The van der Waals surface area contributed by atoms with Crippen molar-refractivity contribution in [3.8, 4) is 5.75 Å². The number of halogens is 1. The molecule has 24 heavy (non-hydrogen) atoms. The Morgan fingerprint density at radius 3 is 2.62 bits per heavy atom. The first-order valence-corrected chi connectivity index (χ1v) is 8.98. The minimum Gasteiger partial charge on any atom is -0.486 e. The summed E-state index contributed by atoms with van der Waals surface area (Å²) >= 11 is 7.16. The van der Waals surface area contributed by atoms with Gasteiger partial charge >= 0.3 is 5.97 Å². The number of benzene rings is 1. The maximum Gasteiger partial charge on any atom is 0.316 e. The van der Waals surface area contributed by atoms with E-state index in [1.165, 1.54) is 11.8 Å². The number of rotatable bonds is 8. The van der Waals surface area contributed by atoms with Crippen molar-refractivity contribution < 1.29 is 14.3 Å². The van der Waals surface area contributed by atoms with Gasteiger partial charge in [0.1, 0.15) is 12.4 Å². The standard InChI is InChI=1S/C16H20ClN3O3S/c1-4-20-14(9-22-13-7-5-12(17)6-8-13)18-19-16(20)24-10-15(21)23-11(2)3/h5-8,11H,4,9-10H2,1-3H3. The number of hydrogen-bond acceptors (Lipinski definition) is 6. The van der Waals surface area contributed by atoms with Gasteiger partial charge in [0.25, 0.3) is 0 Å². The monoisotopic (exact) mass is 369 g/mol. The van der Waals surface area contributed by atoms with Crippen molar-refractivity contribution in [2.75, 3.05) is 5.75 Å². The highest BCUT2D eigenvalue weighted by Gasteiger charge is 2.14. The number of thioether (sulfide) groups is 1. The fourth-order valence-electron chi connectivity index (χ4n) is 1.95. The number of ether oxygens (including phenoxy) is 2. The van der Waals surface area contributed by atoms with Crippen LogP contribution in [0.15, 0.2) is 29.4 Å². The van der Waals surface area contributed by atoms with Crippen LogP contribution < -0.4 is 4.74 Å². The lowest BCUT2D eigenvalue weighted by atomic mass is 10.3. The normalized spacial score (nSPS) is 10.9. The molecule has 0 atom stereocenters. The Balaban J connectivity index is 1.95. The van der Waals surface area contributed by atoms with E-state index in [1.807, 2.05) is 25.3 Å². The zero-order chi connectivity index (χ0) is 17.5. The Labute approximate surface area is 150 Å². The van der Waals surface area contributed by atoms with Gasteiger partial charge in [0.05, 0.1) is 11.9 Å². The zero-order valence-electron chi connectivity index (χ0n) is 13.9. The second kappa shape index (κ2) is 8.94. The lowest BCUT2D eigenvalue weighted by Gasteiger charge is -2.09. The van der Waals surface area contributed by atoms with E-state index in [0.717, 1.165) is 0 Å². The summed E-state index contributed by atoms with van der Waals surface area (Å²) in [6, 6.07) is 7.13. The van der Waals surface area contributed by atoms with E-state index in [2.05, 4.69) is 10.2 Å². The van der Waals surface area contributed by atoms with Crippen LogP contribution in [0.2, 0.25) is 5.02 Å². The molecule has 0 saturated heterocycles. The molecule has 0 bridgehead atoms. The molecular weight excluding hydrogens is 350 g/mol. The largest absolute Gasteiger partial charge is 0.486 e. The second-order valence-corrected chi connectivity index (χ2v) is 6.59. The first-order valence-electron chi connectivity index (χ1n) is 7.62. The quantitative estimate of drug-likeness (QED) is 0.523. The Hall–Kier alpha value is -1.73. The van der Waals surface area contributed by atoms with Crippen LogP contribution in [0.25, 0.3) is 0 Å². The predicted octanol–water partition coefficient (Wildman–Crippen LogP) is 3.57. The van der Waals surface area contributed by atoms with Crippen molar-refractivity contribution in [3.05, 3.63) is 35.1 Å². The van der Waals surface area contributed by atoms with Gasteiger partial charge in [-0.1, -0.05) is 23.4 Å². The van der Waals surface area contributed by atoms with Crippen molar-refractivity contribution >= 4 is 29.3 Å². The maximum absolute atomic E-state index is 11.6. The van der Waals surface area contributed by atoms with Crippen LogP contribution in [0.3, 0.4) is 0 Å². The van der Waals surface area contributed by atoms with Gasteiger partial charge in [0.2, 0.25) is 0 Å². The smallest absolute Gasteiger partial charge is 0.316 e. The van der Waals surface area contributed by atoms with Crippen LogP contribution in [-0.4, -0.2) is 32.6 Å². The van der Waals surface area contributed by atoms with Gasteiger partial charge < -0.3 is 14.0 Å². The first-order chi connectivity index (χ1) is 11.5. The van der Waals surface area contributed by atoms with Crippen molar-refractivity contribution in [1.82, 2.24) is 14.8 Å². The number of esters is 1. The third-order valence-corrected chi connectivity index (χ3v) is 4.17. The van der Waals surface area contributed by atoms with E-state index in [0.29, 0.717) is 34.9 Å². The molecule has 0 aliphatic carbocycles. The van der Waals surface area contributed by atoms with Crippen LogP contribution in [0.5, 0.6) is 5.75 Å². The van der Waals surface area contributed by atoms with Gasteiger partial charge in [0.15, 0.2) is 11.0 Å². The van der Waals surface area contributed by atoms with Crippen LogP contribution in [0.1, 0.15) is 26.6 Å². The zero-order valence-corrected chi connectivity index (χ0v) is 15.4. The number of hydrogen-bond donors (Lipinski definition) is 0. The Morgan fingerprint density at radius 1 is 1.29 bits per heavy atom. The van der Waals surface area contributed by atoms with E-state index in [-0.39, 0.29) is 17.8 Å².